The summed E-state index contributed by atoms with van der Waals surface area (Å²) in [6, 6.07) is 5.55. The van der Waals surface area contributed by atoms with Gasteiger partial charge in [-0.25, -0.2) is 4.98 Å². The van der Waals surface area contributed by atoms with Crippen LogP contribution in [0.3, 0.4) is 0 Å². The number of halogens is 1. The quantitative estimate of drug-likeness (QED) is 0.784. The molecule has 0 saturated carbocycles. The number of para-hydroxylation sites is 1. The Morgan fingerprint density at radius 3 is 2.79 bits per heavy atom. The topological polar surface area (TPSA) is 38.1 Å². The number of aliphatic hydroxyl groups excluding tert-OH is 1. The van der Waals surface area contributed by atoms with E-state index in [4.69, 9.17) is 11.6 Å². The van der Waals surface area contributed by atoms with Gasteiger partial charge in [-0.05, 0) is 19.1 Å². The van der Waals surface area contributed by atoms with Gasteiger partial charge in [-0.3, -0.25) is 0 Å². The maximum absolute atomic E-state index is 9.47. The van der Waals surface area contributed by atoms with E-state index in [1.54, 1.807) is 6.92 Å². The van der Waals surface area contributed by atoms with Gasteiger partial charge in [0, 0.05) is 7.05 Å². The third kappa shape index (κ3) is 1.29. The number of aryl methyl sites for hydroxylation is 1. The molecule has 0 radical (unpaired) electrons. The standard InChI is InChI=1S/C10H11ClN2O/c1-6(14)10-12-8-5-3-4-7(11)9(8)13(10)2/h3-6,14H,1-2H3. The summed E-state index contributed by atoms with van der Waals surface area (Å²) in [5, 5.41) is 10.1. The zero-order valence-electron chi connectivity index (χ0n) is 8.03. The summed E-state index contributed by atoms with van der Waals surface area (Å²) in [5.41, 5.74) is 1.68. The lowest BCUT2D eigenvalue weighted by molar-refractivity contribution is 0.186. The lowest BCUT2D eigenvalue weighted by Crippen LogP contribution is -2.01. The highest BCUT2D eigenvalue weighted by Crippen LogP contribution is 2.25. The molecular weight excluding hydrogens is 200 g/mol. The smallest absolute Gasteiger partial charge is 0.138 e. The molecule has 0 fully saturated rings. The van der Waals surface area contributed by atoms with Gasteiger partial charge in [-0.1, -0.05) is 17.7 Å². The van der Waals surface area contributed by atoms with E-state index in [0.717, 1.165) is 11.0 Å². The van der Waals surface area contributed by atoms with E-state index >= 15 is 0 Å². The van der Waals surface area contributed by atoms with Crippen LogP contribution >= 0.6 is 11.6 Å². The summed E-state index contributed by atoms with van der Waals surface area (Å²) in [4.78, 5) is 4.30. The molecule has 0 spiro atoms. The van der Waals surface area contributed by atoms with Gasteiger partial charge >= 0.3 is 0 Å². The van der Waals surface area contributed by atoms with E-state index in [9.17, 15) is 5.11 Å². The maximum atomic E-state index is 9.47. The Hall–Kier alpha value is -1.06. The lowest BCUT2D eigenvalue weighted by atomic mass is 10.3. The van der Waals surface area contributed by atoms with E-state index < -0.39 is 6.10 Å². The predicted octanol–water partition coefficient (Wildman–Crippen LogP) is 2.28. The molecule has 0 aliphatic heterocycles. The van der Waals surface area contributed by atoms with Crippen molar-refractivity contribution in [3.05, 3.63) is 29.0 Å². The first-order valence-corrected chi connectivity index (χ1v) is 4.78. The minimum Gasteiger partial charge on any atom is -0.385 e. The Morgan fingerprint density at radius 1 is 1.50 bits per heavy atom. The molecule has 0 saturated heterocycles. The van der Waals surface area contributed by atoms with Crippen LogP contribution in [-0.4, -0.2) is 14.7 Å². The molecule has 1 N–H and O–H groups in total. The fourth-order valence-corrected chi connectivity index (χ4v) is 1.91. The Morgan fingerprint density at radius 2 is 2.21 bits per heavy atom. The van der Waals surface area contributed by atoms with Crippen molar-refractivity contribution >= 4 is 22.6 Å². The molecule has 1 heterocycles. The van der Waals surface area contributed by atoms with Gasteiger partial charge in [-0.15, -0.1) is 0 Å². The first-order valence-electron chi connectivity index (χ1n) is 4.40. The number of rotatable bonds is 1. The van der Waals surface area contributed by atoms with Gasteiger partial charge in [0.15, 0.2) is 0 Å². The average Bonchev–Trinajstić information content (AvgIpc) is 2.45. The molecule has 0 aliphatic carbocycles. The molecule has 1 aromatic carbocycles. The Balaban J connectivity index is 2.81. The summed E-state index contributed by atoms with van der Waals surface area (Å²) >= 11 is 6.04. The summed E-state index contributed by atoms with van der Waals surface area (Å²) in [7, 11) is 1.85. The molecule has 0 bridgehead atoms. The van der Waals surface area contributed by atoms with Crippen LogP contribution < -0.4 is 0 Å². The first-order chi connectivity index (χ1) is 6.61. The Labute approximate surface area is 86.9 Å². The van der Waals surface area contributed by atoms with Crippen molar-refractivity contribution in [1.82, 2.24) is 9.55 Å². The fourth-order valence-electron chi connectivity index (χ4n) is 1.61. The van der Waals surface area contributed by atoms with Crippen LogP contribution in [0.2, 0.25) is 5.02 Å². The van der Waals surface area contributed by atoms with E-state index in [2.05, 4.69) is 4.98 Å². The van der Waals surface area contributed by atoms with Crippen molar-refractivity contribution in [2.45, 2.75) is 13.0 Å². The minimum atomic E-state index is -0.580. The van der Waals surface area contributed by atoms with E-state index in [-0.39, 0.29) is 0 Å². The molecule has 1 atom stereocenters. The van der Waals surface area contributed by atoms with E-state index in [1.807, 2.05) is 29.8 Å². The highest BCUT2D eigenvalue weighted by atomic mass is 35.5. The number of aliphatic hydroxyl groups is 1. The zero-order valence-corrected chi connectivity index (χ0v) is 8.78. The molecule has 0 aliphatic rings. The second-order valence-electron chi connectivity index (χ2n) is 3.31. The van der Waals surface area contributed by atoms with Gasteiger partial charge in [0.05, 0.1) is 16.1 Å². The zero-order chi connectivity index (χ0) is 10.3. The van der Waals surface area contributed by atoms with Gasteiger partial charge < -0.3 is 9.67 Å². The third-order valence-electron chi connectivity index (χ3n) is 2.25. The van der Waals surface area contributed by atoms with Crippen molar-refractivity contribution < 1.29 is 5.11 Å². The normalized spacial score (nSPS) is 13.4. The number of nitrogens with zero attached hydrogens (tertiary/aromatic N) is 2. The van der Waals surface area contributed by atoms with Crippen molar-refractivity contribution in [1.29, 1.82) is 0 Å². The number of hydrogen-bond donors (Lipinski definition) is 1. The number of benzene rings is 1. The molecule has 4 heteroatoms. The highest BCUT2D eigenvalue weighted by molar-refractivity contribution is 6.35. The summed E-state index contributed by atoms with van der Waals surface area (Å²) in [5.74, 6) is 0.633. The van der Waals surface area contributed by atoms with Gasteiger partial charge in [0.2, 0.25) is 0 Å². The molecule has 2 aromatic rings. The molecule has 14 heavy (non-hydrogen) atoms. The van der Waals surface area contributed by atoms with Crippen LogP contribution in [0.25, 0.3) is 11.0 Å². The number of fused-ring (bicyclic) bond motifs is 1. The van der Waals surface area contributed by atoms with Crippen LogP contribution in [0.5, 0.6) is 0 Å². The number of hydrogen-bond acceptors (Lipinski definition) is 2. The summed E-state index contributed by atoms with van der Waals surface area (Å²) in [6.07, 6.45) is -0.580. The molecule has 0 amide bonds. The molecule has 1 aromatic heterocycles. The third-order valence-corrected chi connectivity index (χ3v) is 2.56. The van der Waals surface area contributed by atoms with Crippen molar-refractivity contribution in [2.75, 3.05) is 0 Å². The molecular formula is C10H11ClN2O. The molecule has 74 valence electrons. The first kappa shape index (κ1) is 9.49. The fraction of sp³-hybridized carbons (Fsp3) is 0.300. The van der Waals surface area contributed by atoms with E-state index in [0.29, 0.717) is 10.8 Å². The second-order valence-corrected chi connectivity index (χ2v) is 3.72. The maximum Gasteiger partial charge on any atom is 0.138 e. The Bertz CT molecular complexity index is 476. The molecule has 3 nitrogen and oxygen atoms in total. The largest absolute Gasteiger partial charge is 0.385 e. The molecule has 1 unspecified atom stereocenters. The van der Waals surface area contributed by atoms with Crippen LogP contribution in [0.4, 0.5) is 0 Å². The van der Waals surface area contributed by atoms with Gasteiger partial charge in [-0.2, -0.15) is 0 Å². The number of imidazole rings is 1. The van der Waals surface area contributed by atoms with Crippen LogP contribution in [0, 0.1) is 0 Å². The van der Waals surface area contributed by atoms with Crippen LogP contribution in [0.15, 0.2) is 18.2 Å². The van der Waals surface area contributed by atoms with Crippen molar-refractivity contribution in [3.63, 3.8) is 0 Å². The highest BCUT2D eigenvalue weighted by Gasteiger charge is 2.13. The van der Waals surface area contributed by atoms with Gasteiger partial charge in [0.1, 0.15) is 11.9 Å². The lowest BCUT2D eigenvalue weighted by Gasteiger charge is -2.04. The van der Waals surface area contributed by atoms with Crippen molar-refractivity contribution in [2.24, 2.45) is 7.05 Å². The van der Waals surface area contributed by atoms with Crippen LogP contribution in [0.1, 0.15) is 18.9 Å². The Kier molecular flexibility index (Phi) is 2.21. The van der Waals surface area contributed by atoms with E-state index in [1.165, 1.54) is 0 Å². The number of aromatic nitrogens is 2. The SMILES string of the molecule is CC(O)c1nc2cccc(Cl)c2n1C. The minimum absolute atomic E-state index is 0.580. The second kappa shape index (κ2) is 3.26. The van der Waals surface area contributed by atoms with Crippen LogP contribution in [-0.2, 0) is 7.05 Å². The van der Waals surface area contributed by atoms with Gasteiger partial charge in [0.25, 0.3) is 0 Å². The molecule has 2 rings (SSSR count). The average molecular weight is 211 g/mol. The van der Waals surface area contributed by atoms with Crippen molar-refractivity contribution in [3.8, 4) is 0 Å². The summed E-state index contributed by atoms with van der Waals surface area (Å²) in [6.45, 7) is 1.69. The monoisotopic (exact) mass is 210 g/mol. The predicted molar refractivity (Wildman–Crippen MR) is 56.4 cm³/mol. The summed E-state index contributed by atoms with van der Waals surface area (Å²) < 4.78 is 1.82.